The summed E-state index contributed by atoms with van der Waals surface area (Å²) in [5.41, 5.74) is 2.32. The molecule has 1 atom stereocenters. The Morgan fingerprint density at radius 3 is 2.38 bits per heavy atom. The summed E-state index contributed by atoms with van der Waals surface area (Å²) in [6.07, 6.45) is 1.06. The third kappa shape index (κ3) is 3.90. The van der Waals surface area contributed by atoms with Crippen LogP contribution in [-0.4, -0.2) is 46.4 Å². The highest BCUT2D eigenvalue weighted by Gasteiger charge is 2.47. The molecule has 0 bridgehead atoms. The number of nitrogens with zero attached hydrogens (tertiary/aromatic N) is 2. The summed E-state index contributed by atoms with van der Waals surface area (Å²) in [5, 5.41) is 2.77. The molecule has 0 unspecified atom stereocenters. The monoisotopic (exact) mass is 397 g/mol. The number of rotatable bonds is 7. The fourth-order valence-corrected chi connectivity index (χ4v) is 3.61. The summed E-state index contributed by atoms with van der Waals surface area (Å²) in [6, 6.07) is 8.87. The smallest absolute Gasteiger partial charge is 0.325 e. The number of hydrogen-bond acceptors (Lipinski definition) is 4. The van der Waals surface area contributed by atoms with Crippen molar-refractivity contribution in [2.45, 2.75) is 39.2 Å². The average molecular weight is 397 g/mol. The Bertz CT molecular complexity index is 961. The lowest BCUT2D eigenvalue weighted by atomic mass is 9.93. The molecule has 1 saturated heterocycles. The predicted octanol–water partition coefficient (Wildman–Crippen LogP) is 2.78. The van der Waals surface area contributed by atoms with Crippen molar-refractivity contribution < 1.29 is 19.1 Å². The van der Waals surface area contributed by atoms with Crippen LogP contribution in [0.1, 0.15) is 40.7 Å². The summed E-state index contributed by atoms with van der Waals surface area (Å²) in [7, 11) is 3.49. The number of methoxy groups -OCH3 is 1. The van der Waals surface area contributed by atoms with Gasteiger partial charge in [-0.1, -0.05) is 12.1 Å². The van der Waals surface area contributed by atoms with Crippen LogP contribution in [-0.2, 0) is 18.3 Å². The number of carbonyl (C=O) groups is 3. The van der Waals surface area contributed by atoms with Gasteiger partial charge >= 0.3 is 6.03 Å². The van der Waals surface area contributed by atoms with Crippen molar-refractivity contribution in [3.8, 4) is 5.75 Å². The SMILES string of the molecule is COc1ccc(CC[C@@]2(C)NC(=O)N(CC(=O)c3cc(C)n(C)c3C)C2=O)cc1. The van der Waals surface area contributed by atoms with Crippen LogP contribution in [0.5, 0.6) is 5.75 Å². The molecule has 1 aromatic carbocycles. The Hall–Kier alpha value is -3.09. The minimum absolute atomic E-state index is 0.242. The number of urea groups is 1. The van der Waals surface area contributed by atoms with E-state index in [1.165, 1.54) is 0 Å². The first-order valence-corrected chi connectivity index (χ1v) is 9.59. The molecular weight excluding hydrogens is 370 g/mol. The number of hydrogen-bond donors (Lipinski definition) is 1. The second-order valence-electron chi connectivity index (χ2n) is 7.77. The summed E-state index contributed by atoms with van der Waals surface area (Å²) < 4.78 is 7.07. The normalized spacial score (nSPS) is 18.9. The van der Waals surface area contributed by atoms with E-state index in [1.807, 2.05) is 49.7 Å². The third-order valence-corrected chi connectivity index (χ3v) is 5.80. The highest BCUT2D eigenvalue weighted by atomic mass is 16.5. The summed E-state index contributed by atoms with van der Waals surface area (Å²) >= 11 is 0. The Kier molecular flexibility index (Phi) is 5.50. The van der Waals surface area contributed by atoms with Crippen LogP contribution in [0.4, 0.5) is 4.79 Å². The van der Waals surface area contributed by atoms with Crippen molar-refractivity contribution in [3.63, 3.8) is 0 Å². The molecule has 29 heavy (non-hydrogen) atoms. The fraction of sp³-hybridized carbons (Fsp3) is 0.409. The van der Waals surface area contributed by atoms with Crippen molar-refractivity contribution in [3.05, 3.63) is 52.8 Å². The number of amides is 3. The minimum atomic E-state index is -1.03. The van der Waals surface area contributed by atoms with Gasteiger partial charge in [-0.25, -0.2) is 4.79 Å². The van der Waals surface area contributed by atoms with Crippen LogP contribution >= 0.6 is 0 Å². The number of benzene rings is 1. The van der Waals surface area contributed by atoms with Gasteiger partial charge < -0.3 is 14.6 Å². The van der Waals surface area contributed by atoms with Crippen molar-refractivity contribution in [2.24, 2.45) is 7.05 Å². The molecule has 2 aromatic rings. The van der Waals surface area contributed by atoms with Gasteiger partial charge in [0.05, 0.1) is 13.7 Å². The van der Waals surface area contributed by atoms with E-state index in [9.17, 15) is 14.4 Å². The first kappa shape index (κ1) is 20.6. The highest BCUT2D eigenvalue weighted by Crippen LogP contribution is 2.25. The molecule has 0 spiro atoms. The number of ether oxygens (including phenoxy) is 1. The Labute approximate surface area is 170 Å². The van der Waals surface area contributed by atoms with E-state index in [2.05, 4.69) is 5.32 Å². The van der Waals surface area contributed by atoms with Gasteiger partial charge in [0.1, 0.15) is 11.3 Å². The molecule has 3 rings (SSSR count). The summed E-state index contributed by atoms with van der Waals surface area (Å²) in [5.74, 6) is 0.158. The van der Waals surface area contributed by atoms with Crippen LogP contribution in [0.15, 0.2) is 30.3 Å². The fourth-order valence-electron chi connectivity index (χ4n) is 3.61. The first-order valence-electron chi connectivity index (χ1n) is 9.59. The van der Waals surface area contributed by atoms with E-state index in [-0.39, 0.29) is 18.2 Å². The zero-order valence-electron chi connectivity index (χ0n) is 17.5. The number of Topliss-reactive ketones (excluding diaryl/α,β-unsaturated/α-hetero) is 1. The Morgan fingerprint density at radius 2 is 1.83 bits per heavy atom. The van der Waals surface area contributed by atoms with Gasteiger partial charge in [0.15, 0.2) is 5.78 Å². The highest BCUT2D eigenvalue weighted by molar-refractivity contribution is 6.11. The van der Waals surface area contributed by atoms with Crippen molar-refractivity contribution in [1.29, 1.82) is 0 Å². The molecule has 0 aliphatic carbocycles. The third-order valence-electron chi connectivity index (χ3n) is 5.80. The van der Waals surface area contributed by atoms with Crippen LogP contribution in [0.25, 0.3) is 0 Å². The first-order chi connectivity index (χ1) is 13.7. The van der Waals surface area contributed by atoms with Gasteiger partial charge in [0.25, 0.3) is 5.91 Å². The zero-order chi connectivity index (χ0) is 21.3. The standard InChI is InChI=1S/C22H27N3O4/c1-14-12-18(15(2)24(14)4)19(26)13-25-20(27)22(3,23-21(25)28)11-10-16-6-8-17(29-5)9-7-16/h6-9,12H,10-11,13H2,1-5H3,(H,23,28)/t22-/m1/s1. The van der Waals surface area contributed by atoms with Gasteiger partial charge in [-0.2, -0.15) is 0 Å². The van der Waals surface area contributed by atoms with Gasteiger partial charge in [-0.05, 0) is 57.4 Å². The molecule has 3 amide bonds. The van der Waals surface area contributed by atoms with Crippen molar-refractivity contribution in [2.75, 3.05) is 13.7 Å². The molecular formula is C22H27N3O4. The molecule has 1 aromatic heterocycles. The quantitative estimate of drug-likeness (QED) is 0.575. The number of ketones is 1. The number of aryl methyl sites for hydroxylation is 2. The molecule has 154 valence electrons. The van der Waals surface area contributed by atoms with Crippen molar-refractivity contribution in [1.82, 2.24) is 14.8 Å². The number of aromatic nitrogens is 1. The second kappa shape index (κ2) is 7.73. The van der Waals surface area contributed by atoms with E-state index in [1.54, 1.807) is 20.1 Å². The van der Waals surface area contributed by atoms with Gasteiger partial charge in [-0.3, -0.25) is 14.5 Å². The predicted molar refractivity (Wildman–Crippen MR) is 109 cm³/mol. The van der Waals surface area contributed by atoms with E-state index in [0.29, 0.717) is 18.4 Å². The minimum Gasteiger partial charge on any atom is -0.497 e. The van der Waals surface area contributed by atoms with Crippen molar-refractivity contribution >= 4 is 17.7 Å². The molecule has 2 heterocycles. The molecule has 7 nitrogen and oxygen atoms in total. The zero-order valence-corrected chi connectivity index (χ0v) is 17.5. The molecule has 1 aliphatic rings. The average Bonchev–Trinajstić information content (AvgIpc) is 3.08. The lowest BCUT2D eigenvalue weighted by Crippen LogP contribution is -2.44. The van der Waals surface area contributed by atoms with Crippen LogP contribution in [0.2, 0.25) is 0 Å². The van der Waals surface area contributed by atoms with Gasteiger partial charge in [0, 0.05) is 24.0 Å². The van der Waals surface area contributed by atoms with Gasteiger partial charge in [0.2, 0.25) is 0 Å². The Balaban J connectivity index is 1.69. The molecule has 0 saturated carbocycles. The maximum Gasteiger partial charge on any atom is 0.325 e. The van der Waals surface area contributed by atoms with Gasteiger partial charge in [-0.15, -0.1) is 0 Å². The maximum atomic E-state index is 12.9. The van der Waals surface area contributed by atoms with Crippen LogP contribution in [0, 0.1) is 13.8 Å². The molecule has 1 fully saturated rings. The molecule has 7 heteroatoms. The number of nitrogens with one attached hydrogen (secondary N) is 1. The topological polar surface area (TPSA) is 80.6 Å². The second-order valence-corrected chi connectivity index (χ2v) is 7.77. The van der Waals surface area contributed by atoms with E-state index >= 15 is 0 Å². The largest absolute Gasteiger partial charge is 0.497 e. The maximum absolute atomic E-state index is 12.9. The molecule has 1 aliphatic heterocycles. The summed E-state index contributed by atoms with van der Waals surface area (Å²) in [4.78, 5) is 39.1. The number of imide groups is 1. The number of carbonyl (C=O) groups excluding carboxylic acids is 3. The summed E-state index contributed by atoms with van der Waals surface area (Å²) in [6.45, 7) is 5.21. The van der Waals surface area contributed by atoms with Crippen LogP contribution in [0.3, 0.4) is 0 Å². The Morgan fingerprint density at radius 1 is 1.17 bits per heavy atom. The molecule has 1 N–H and O–H groups in total. The lowest BCUT2D eigenvalue weighted by Gasteiger charge is -2.21. The van der Waals surface area contributed by atoms with E-state index in [4.69, 9.17) is 4.74 Å². The lowest BCUT2D eigenvalue weighted by molar-refractivity contribution is -0.130. The van der Waals surface area contributed by atoms with E-state index < -0.39 is 11.6 Å². The van der Waals surface area contributed by atoms with E-state index in [0.717, 1.165) is 27.6 Å². The molecule has 0 radical (unpaired) electrons. The van der Waals surface area contributed by atoms with Crippen LogP contribution < -0.4 is 10.1 Å².